The quantitative estimate of drug-likeness (QED) is 0.157. The van der Waals surface area contributed by atoms with Crippen LogP contribution >= 0.6 is 0 Å². The number of phenolic OH excluding ortho intramolecular Hbond substituents is 2. The number of phenols is 2. The summed E-state index contributed by atoms with van der Waals surface area (Å²) in [7, 11) is 0. The minimum absolute atomic E-state index is 0. The van der Waals surface area contributed by atoms with Gasteiger partial charge in [0, 0.05) is 12.8 Å². The van der Waals surface area contributed by atoms with Gasteiger partial charge in [-0.2, -0.15) is 0 Å². The van der Waals surface area contributed by atoms with Gasteiger partial charge in [0.25, 0.3) is 5.91 Å². The minimum Gasteiger partial charge on any atom is -0.548 e. The minimum atomic E-state index is -1.45. The maximum atomic E-state index is 13.2. The molecule has 0 bridgehead atoms. The number of carbonyl (C=O) groups is 4. The molecule has 0 saturated carbocycles. The van der Waals surface area contributed by atoms with Crippen LogP contribution in [0.2, 0.25) is 0 Å². The highest BCUT2D eigenvalue weighted by atomic mass is 16.4. The summed E-state index contributed by atoms with van der Waals surface area (Å²) >= 11 is 0. The third kappa shape index (κ3) is 10.5. The Morgan fingerprint density at radius 3 is 1.70 bits per heavy atom. The number of quaternary nitrogens is 1. The van der Waals surface area contributed by atoms with Crippen LogP contribution in [-0.4, -0.2) is 68.5 Å². The number of benzene rings is 2. The van der Waals surface area contributed by atoms with Crippen LogP contribution in [0.4, 0.5) is 0 Å². The van der Waals surface area contributed by atoms with E-state index in [0.29, 0.717) is 5.56 Å². The predicted molar refractivity (Wildman–Crippen MR) is 143 cm³/mol. The molecule has 0 aliphatic heterocycles. The van der Waals surface area contributed by atoms with Crippen molar-refractivity contribution < 1.29 is 51.2 Å². The second-order valence-electron chi connectivity index (χ2n) is 10.1. The fourth-order valence-corrected chi connectivity index (χ4v) is 3.64. The lowest BCUT2D eigenvalue weighted by Gasteiger charge is -2.30. The number of carboxylic acids is 1. The highest BCUT2D eigenvalue weighted by Gasteiger charge is 2.35. The molecule has 3 amide bonds. The molecule has 0 unspecified atom stereocenters. The number of nitrogens with one attached hydrogen (secondary N) is 3. The summed E-state index contributed by atoms with van der Waals surface area (Å²) in [5.41, 5.74) is 3.80. The molecule has 13 nitrogen and oxygen atoms in total. The van der Waals surface area contributed by atoms with E-state index in [0.717, 1.165) is 5.56 Å². The van der Waals surface area contributed by atoms with Crippen molar-refractivity contribution in [3.63, 3.8) is 0 Å². The van der Waals surface area contributed by atoms with E-state index in [-0.39, 0.29) is 35.3 Å². The van der Waals surface area contributed by atoms with Gasteiger partial charge >= 0.3 is 0 Å². The molecule has 2 aromatic carbocycles. The summed E-state index contributed by atoms with van der Waals surface area (Å²) in [6.07, 6.45) is 0.272. The zero-order valence-electron chi connectivity index (χ0n) is 23.0. The number of carboxylic acid groups (broad SMARTS) is 1. The number of hydrogen-bond acceptors (Lipinski definition) is 7. The molecule has 13 heteroatoms. The van der Waals surface area contributed by atoms with E-state index < -0.39 is 53.3 Å². The van der Waals surface area contributed by atoms with Gasteiger partial charge in [0.2, 0.25) is 11.8 Å². The van der Waals surface area contributed by atoms with Crippen LogP contribution in [-0.2, 0) is 32.0 Å². The van der Waals surface area contributed by atoms with E-state index in [2.05, 4.69) is 21.7 Å². The van der Waals surface area contributed by atoms with Crippen LogP contribution in [0.1, 0.15) is 38.8 Å². The molecule has 0 saturated heterocycles. The summed E-state index contributed by atoms with van der Waals surface area (Å²) < 4.78 is 0. The summed E-state index contributed by atoms with van der Waals surface area (Å²) in [5.74, 6) is -3.70. The number of rotatable bonds is 12. The number of aliphatic carboxylic acids is 1. The third-order valence-electron chi connectivity index (χ3n) is 6.01. The first-order valence-corrected chi connectivity index (χ1v) is 12.2. The lowest BCUT2D eigenvalue weighted by atomic mass is 9.98. The van der Waals surface area contributed by atoms with Gasteiger partial charge in [0.15, 0.2) is 6.04 Å². The second-order valence-corrected chi connectivity index (χ2v) is 10.1. The molecular formula is C27H40N4O9. The van der Waals surface area contributed by atoms with Crippen LogP contribution in [0.25, 0.3) is 0 Å². The molecule has 40 heavy (non-hydrogen) atoms. The smallest absolute Gasteiger partial charge is 0.279 e. The molecule has 222 valence electrons. The van der Waals surface area contributed by atoms with Gasteiger partial charge in [-0.05, 0) is 55.2 Å². The zero-order valence-corrected chi connectivity index (χ0v) is 23.0. The standard InChI is InChI=1S/C27H36N4O7.2H2O/c1-15(2)22(25(36)37)30-24(35)21(14-17-7-11-19(33)12-8-17)29-26(38)27(3,4)31-23(34)20(28)13-16-5-9-18(32)10-6-16;;/h5-12,15,20-22,32-33H,13-14,28H2,1-4H3,(H,29,38)(H,30,35)(H,31,34)(H,36,37);2*1H2/t20-,21-,22+;;/m0../s1. The summed E-state index contributed by atoms with van der Waals surface area (Å²) in [6.45, 7) is 6.17. The van der Waals surface area contributed by atoms with Crippen molar-refractivity contribution in [3.05, 3.63) is 59.7 Å². The first-order valence-electron chi connectivity index (χ1n) is 12.2. The van der Waals surface area contributed by atoms with Crippen molar-refractivity contribution in [1.29, 1.82) is 0 Å². The molecule has 0 aliphatic rings. The van der Waals surface area contributed by atoms with Gasteiger partial charge < -0.3 is 52.8 Å². The van der Waals surface area contributed by atoms with Crippen LogP contribution in [0, 0.1) is 5.92 Å². The molecule has 0 spiro atoms. The Balaban J connectivity index is 0.00000760. The van der Waals surface area contributed by atoms with Crippen LogP contribution in [0.5, 0.6) is 11.5 Å². The molecule has 0 aliphatic carbocycles. The van der Waals surface area contributed by atoms with Crippen molar-refractivity contribution in [2.75, 3.05) is 0 Å². The Bertz CT molecular complexity index is 1140. The van der Waals surface area contributed by atoms with Gasteiger partial charge in [-0.1, -0.05) is 38.1 Å². The number of amides is 3. The normalized spacial score (nSPS) is 13.1. The fraction of sp³-hybridized carbons (Fsp3) is 0.407. The Morgan fingerprint density at radius 2 is 1.27 bits per heavy atom. The summed E-state index contributed by atoms with van der Waals surface area (Å²) in [4.78, 5) is 50.6. The number of hydrogen-bond donors (Lipinski definition) is 6. The van der Waals surface area contributed by atoms with Crippen molar-refractivity contribution in [3.8, 4) is 11.5 Å². The number of aromatic hydroxyl groups is 2. The Morgan fingerprint density at radius 1 is 0.825 bits per heavy atom. The van der Waals surface area contributed by atoms with Crippen LogP contribution in [0.15, 0.2) is 48.5 Å². The molecule has 2 rings (SSSR count). The van der Waals surface area contributed by atoms with Crippen LogP contribution < -0.4 is 26.8 Å². The largest absolute Gasteiger partial charge is 0.548 e. The van der Waals surface area contributed by atoms with Crippen LogP contribution in [0.3, 0.4) is 0 Å². The van der Waals surface area contributed by atoms with Gasteiger partial charge in [0.05, 0.1) is 12.0 Å². The molecule has 12 N–H and O–H groups in total. The van der Waals surface area contributed by atoms with Crippen molar-refractivity contribution in [2.45, 2.75) is 64.2 Å². The van der Waals surface area contributed by atoms with E-state index in [1.807, 2.05) is 0 Å². The van der Waals surface area contributed by atoms with Gasteiger partial charge in [-0.25, -0.2) is 0 Å². The lowest BCUT2D eigenvalue weighted by molar-refractivity contribution is -0.403. The third-order valence-corrected chi connectivity index (χ3v) is 6.01. The van der Waals surface area contributed by atoms with Crippen molar-refractivity contribution in [2.24, 2.45) is 5.92 Å². The Labute approximate surface area is 232 Å². The predicted octanol–water partition coefficient (Wildman–Crippen LogP) is -2.89. The first kappa shape index (κ1) is 35.8. The number of carbonyl (C=O) groups excluding carboxylic acids is 4. The van der Waals surface area contributed by atoms with Crippen molar-refractivity contribution in [1.82, 2.24) is 16.0 Å². The molecule has 0 heterocycles. The molecule has 3 atom stereocenters. The second kappa shape index (κ2) is 15.4. The van der Waals surface area contributed by atoms with Crippen molar-refractivity contribution >= 4 is 23.7 Å². The van der Waals surface area contributed by atoms with E-state index in [4.69, 9.17) is 0 Å². The summed E-state index contributed by atoms with van der Waals surface area (Å²) in [5, 5.41) is 38.1. The monoisotopic (exact) mass is 564 g/mol. The summed E-state index contributed by atoms with van der Waals surface area (Å²) in [6, 6.07) is 9.14. The molecule has 2 aromatic rings. The fourth-order valence-electron chi connectivity index (χ4n) is 3.64. The van der Waals surface area contributed by atoms with E-state index in [1.54, 1.807) is 38.1 Å². The SMILES string of the molecule is CC(C)[C@@H](NC(=O)[C@H](Cc1ccc(O)cc1)NC(=O)C(C)(C)NC(=O)[C@@H]([NH3+])Cc1ccc(O)cc1)C(=O)[O-].O.O. The zero-order chi connectivity index (χ0) is 28.6. The topological polar surface area (TPSA) is 259 Å². The Hall–Kier alpha value is -4.20. The maximum absolute atomic E-state index is 13.2. The van der Waals surface area contributed by atoms with E-state index in [1.165, 1.54) is 38.1 Å². The Kier molecular flexibility index (Phi) is 13.8. The highest BCUT2D eigenvalue weighted by molar-refractivity contribution is 5.95. The van der Waals surface area contributed by atoms with Gasteiger partial charge in [-0.15, -0.1) is 0 Å². The van der Waals surface area contributed by atoms with Gasteiger partial charge in [0.1, 0.15) is 23.1 Å². The molecule has 0 fully saturated rings. The average Bonchev–Trinajstić information content (AvgIpc) is 2.83. The van der Waals surface area contributed by atoms with E-state index >= 15 is 0 Å². The van der Waals surface area contributed by atoms with E-state index in [9.17, 15) is 34.5 Å². The maximum Gasteiger partial charge on any atom is 0.279 e. The lowest BCUT2D eigenvalue weighted by Crippen LogP contribution is -2.71. The first-order chi connectivity index (χ1) is 17.7. The molecule has 0 radical (unpaired) electrons. The average molecular weight is 565 g/mol. The molecular weight excluding hydrogens is 524 g/mol. The highest BCUT2D eigenvalue weighted by Crippen LogP contribution is 2.14. The van der Waals surface area contributed by atoms with Gasteiger partial charge in [-0.3, -0.25) is 14.4 Å². The molecule has 0 aromatic heterocycles.